The normalized spacial score (nSPS) is 17.6. The lowest BCUT2D eigenvalue weighted by Crippen LogP contribution is -2.41. The first-order valence-corrected chi connectivity index (χ1v) is 6.10. The van der Waals surface area contributed by atoms with Gasteiger partial charge < -0.3 is 9.84 Å². The van der Waals surface area contributed by atoms with Gasteiger partial charge in [-0.25, -0.2) is 4.98 Å². The summed E-state index contributed by atoms with van der Waals surface area (Å²) in [5.74, 6) is -0.225. The summed E-state index contributed by atoms with van der Waals surface area (Å²) in [6, 6.07) is 0. The molecule has 1 N–H and O–H groups in total. The SMILES string of the molecule is CC1(C)OCCn2c1nc(C(=O)I)c(O)c2=O. The molecule has 1 aromatic rings. The molecule has 1 aliphatic rings. The van der Waals surface area contributed by atoms with Crippen molar-refractivity contribution >= 4 is 26.4 Å². The number of ether oxygens (including phenoxy) is 1. The molecule has 2 rings (SSSR count). The van der Waals surface area contributed by atoms with Crippen LogP contribution in [0.25, 0.3) is 0 Å². The lowest BCUT2D eigenvalue weighted by Gasteiger charge is -2.32. The van der Waals surface area contributed by atoms with Crippen molar-refractivity contribution in [2.75, 3.05) is 6.61 Å². The zero-order valence-corrected chi connectivity index (χ0v) is 11.5. The smallest absolute Gasteiger partial charge is 0.296 e. The standard InChI is InChI=1S/C10H11IN2O4/c1-10(2)9-12-5(7(11)15)6(14)8(16)13(9)3-4-17-10/h14H,3-4H2,1-2H3. The Morgan fingerprint density at radius 3 is 2.82 bits per heavy atom. The molecule has 0 fully saturated rings. The Hall–Kier alpha value is -0.960. The van der Waals surface area contributed by atoms with E-state index in [1.807, 2.05) is 0 Å². The summed E-state index contributed by atoms with van der Waals surface area (Å²) in [4.78, 5) is 27.2. The van der Waals surface area contributed by atoms with E-state index in [-0.39, 0.29) is 5.69 Å². The largest absolute Gasteiger partial charge is 0.501 e. The van der Waals surface area contributed by atoms with Crippen molar-refractivity contribution in [3.63, 3.8) is 0 Å². The lowest BCUT2D eigenvalue weighted by atomic mass is 10.1. The molecule has 0 saturated carbocycles. The Kier molecular flexibility index (Phi) is 2.98. The minimum absolute atomic E-state index is 0.208. The van der Waals surface area contributed by atoms with E-state index in [1.165, 1.54) is 27.2 Å². The molecule has 6 nitrogen and oxygen atoms in total. The summed E-state index contributed by atoms with van der Waals surface area (Å²) < 4.78 is 6.38. The molecule has 0 aromatic carbocycles. The fraction of sp³-hybridized carbons (Fsp3) is 0.500. The molecule has 2 heterocycles. The number of carbonyl (C=O) groups excluding carboxylic acids is 1. The summed E-state index contributed by atoms with van der Waals surface area (Å²) in [5.41, 5.74) is -1.54. The van der Waals surface area contributed by atoms with Crippen LogP contribution in [-0.4, -0.2) is 25.1 Å². The van der Waals surface area contributed by atoms with Gasteiger partial charge in [-0.3, -0.25) is 14.2 Å². The second-order valence-electron chi connectivity index (χ2n) is 4.22. The van der Waals surface area contributed by atoms with Crippen LogP contribution in [0.3, 0.4) is 0 Å². The number of hydrogen-bond donors (Lipinski definition) is 1. The molecule has 0 radical (unpaired) electrons. The Morgan fingerprint density at radius 2 is 2.24 bits per heavy atom. The van der Waals surface area contributed by atoms with Gasteiger partial charge in [-0.05, 0) is 13.8 Å². The van der Waals surface area contributed by atoms with Gasteiger partial charge in [0.1, 0.15) is 11.4 Å². The highest BCUT2D eigenvalue weighted by Gasteiger charge is 2.33. The van der Waals surface area contributed by atoms with Gasteiger partial charge in [-0.1, -0.05) is 0 Å². The van der Waals surface area contributed by atoms with E-state index in [0.717, 1.165) is 0 Å². The van der Waals surface area contributed by atoms with E-state index in [0.29, 0.717) is 19.0 Å². The predicted octanol–water partition coefficient (Wildman–Crippen LogP) is 0.789. The first kappa shape index (κ1) is 12.5. The molecule has 7 heteroatoms. The second-order valence-corrected chi connectivity index (χ2v) is 5.20. The molecule has 0 bridgehead atoms. The maximum Gasteiger partial charge on any atom is 0.296 e. The minimum atomic E-state index is -0.744. The van der Waals surface area contributed by atoms with Crippen LogP contribution in [0.4, 0.5) is 0 Å². The summed E-state index contributed by atoms with van der Waals surface area (Å²) in [5, 5.41) is 9.63. The Morgan fingerprint density at radius 1 is 1.59 bits per heavy atom. The Bertz CT molecular complexity index is 550. The molecule has 0 amide bonds. The van der Waals surface area contributed by atoms with Crippen molar-refractivity contribution in [3.05, 3.63) is 21.9 Å². The highest BCUT2D eigenvalue weighted by atomic mass is 127. The van der Waals surface area contributed by atoms with Crippen molar-refractivity contribution in [2.24, 2.45) is 0 Å². The number of fused-ring (bicyclic) bond motifs is 1. The third-order valence-electron chi connectivity index (χ3n) is 2.65. The van der Waals surface area contributed by atoms with Crippen molar-refractivity contribution in [2.45, 2.75) is 26.0 Å². The monoisotopic (exact) mass is 350 g/mol. The number of carbonyl (C=O) groups is 1. The third-order valence-corrected chi connectivity index (χ3v) is 3.16. The topological polar surface area (TPSA) is 81.4 Å². The molecule has 0 saturated heterocycles. The van der Waals surface area contributed by atoms with Crippen molar-refractivity contribution < 1.29 is 14.6 Å². The summed E-state index contributed by atoms with van der Waals surface area (Å²) in [6.45, 7) is 4.23. The van der Waals surface area contributed by atoms with E-state index in [4.69, 9.17) is 4.74 Å². The summed E-state index contributed by atoms with van der Waals surface area (Å²) >= 11 is 1.49. The fourth-order valence-corrected chi connectivity index (χ4v) is 2.18. The maximum absolute atomic E-state index is 11.9. The quantitative estimate of drug-likeness (QED) is 0.598. The van der Waals surface area contributed by atoms with Gasteiger partial charge in [0.15, 0.2) is 5.69 Å². The summed E-state index contributed by atoms with van der Waals surface area (Å²) in [7, 11) is 0. The third kappa shape index (κ3) is 1.97. The molecule has 17 heavy (non-hydrogen) atoms. The number of hydrogen-bond acceptors (Lipinski definition) is 5. The van der Waals surface area contributed by atoms with Crippen LogP contribution in [0.5, 0.6) is 5.75 Å². The second kappa shape index (κ2) is 4.05. The average Bonchev–Trinajstić information content (AvgIpc) is 2.22. The molecule has 0 spiro atoms. The van der Waals surface area contributed by atoms with E-state index in [1.54, 1.807) is 13.8 Å². The van der Waals surface area contributed by atoms with Crippen LogP contribution in [-0.2, 0) is 16.9 Å². The highest BCUT2D eigenvalue weighted by molar-refractivity contribution is 14.1. The number of halogens is 1. The zero-order valence-electron chi connectivity index (χ0n) is 9.36. The van der Waals surface area contributed by atoms with Crippen LogP contribution in [0.15, 0.2) is 4.79 Å². The van der Waals surface area contributed by atoms with Gasteiger partial charge in [0.25, 0.3) is 5.56 Å². The van der Waals surface area contributed by atoms with Gasteiger partial charge >= 0.3 is 0 Å². The lowest BCUT2D eigenvalue weighted by molar-refractivity contribution is -0.0566. The van der Waals surface area contributed by atoms with Crippen LogP contribution in [0.2, 0.25) is 0 Å². The molecule has 0 unspecified atom stereocenters. The molecular formula is C10H11IN2O4. The highest BCUT2D eigenvalue weighted by Crippen LogP contribution is 2.27. The molecular weight excluding hydrogens is 339 g/mol. The summed E-state index contributed by atoms with van der Waals surface area (Å²) in [6.07, 6.45) is 0. The van der Waals surface area contributed by atoms with Crippen LogP contribution >= 0.6 is 22.6 Å². The van der Waals surface area contributed by atoms with E-state index in [9.17, 15) is 14.7 Å². The van der Waals surface area contributed by atoms with Crippen LogP contribution in [0, 0.1) is 0 Å². The van der Waals surface area contributed by atoms with Crippen molar-refractivity contribution in [1.29, 1.82) is 0 Å². The van der Waals surface area contributed by atoms with Crippen molar-refractivity contribution in [3.8, 4) is 5.75 Å². The van der Waals surface area contributed by atoms with Crippen LogP contribution in [0.1, 0.15) is 30.2 Å². The molecule has 92 valence electrons. The van der Waals surface area contributed by atoms with Crippen molar-refractivity contribution in [1.82, 2.24) is 9.55 Å². The Labute approximate surface area is 111 Å². The average molecular weight is 350 g/mol. The van der Waals surface area contributed by atoms with Crippen LogP contribution < -0.4 is 5.56 Å². The van der Waals surface area contributed by atoms with Gasteiger partial charge in [-0.2, -0.15) is 0 Å². The van der Waals surface area contributed by atoms with Gasteiger partial charge in [0, 0.05) is 22.6 Å². The van der Waals surface area contributed by atoms with E-state index >= 15 is 0 Å². The predicted molar refractivity (Wildman–Crippen MR) is 67.5 cm³/mol. The number of aromatic nitrogens is 2. The molecule has 1 aliphatic heterocycles. The Balaban J connectivity index is 2.78. The van der Waals surface area contributed by atoms with Gasteiger partial charge in [0.2, 0.25) is 9.54 Å². The van der Waals surface area contributed by atoms with Gasteiger partial charge in [-0.15, -0.1) is 0 Å². The maximum atomic E-state index is 11.9. The fourth-order valence-electron chi connectivity index (χ4n) is 1.81. The van der Waals surface area contributed by atoms with E-state index < -0.39 is 20.7 Å². The number of rotatable bonds is 1. The zero-order chi connectivity index (χ0) is 12.8. The molecule has 1 aromatic heterocycles. The van der Waals surface area contributed by atoms with Gasteiger partial charge in [0.05, 0.1) is 13.2 Å². The molecule has 0 atom stereocenters. The first-order chi connectivity index (χ1) is 7.84. The number of aromatic hydroxyl groups is 1. The minimum Gasteiger partial charge on any atom is -0.501 e. The number of nitrogens with zero attached hydrogens (tertiary/aromatic N) is 2. The molecule has 0 aliphatic carbocycles. The van der Waals surface area contributed by atoms with E-state index in [2.05, 4.69) is 4.98 Å². The first-order valence-electron chi connectivity index (χ1n) is 5.02.